The largest absolute Gasteiger partial charge is 0.465 e. The Bertz CT molecular complexity index is 862. The molecule has 0 saturated heterocycles. The minimum atomic E-state index is -1.31. The molecule has 0 saturated carbocycles. The molecule has 0 fully saturated rings. The summed E-state index contributed by atoms with van der Waals surface area (Å²) in [6.45, 7) is 5.24. The van der Waals surface area contributed by atoms with Crippen molar-refractivity contribution in [3.05, 3.63) is 62.9 Å². The molecule has 7 nitrogen and oxygen atoms in total. The number of nitrogens with zero attached hydrogens (tertiary/aromatic N) is 1. The van der Waals surface area contributed by atoms with Crippen LogP contribution in [0.5, 0.6) is 11.5 Å². The smallest absolute Gasteiger partial charge is 0.405 e. The number of hydrogen-bond donors (Lipinski definition) is 2. The van der Waals surface area contributed by atoms with Gasteiger partial charge in [0.25, 0.3) is 5.69 Å². The number of amides is 1. The Labute approximate surface area is 159 Å². The third-order valence-electron chi connectivity index (χ3n) is 3.71. The van der Waals surface area contributed by atoms with Crippen LogP contribution >= 0.6 is 11.6 Å². The minimum Gasteiger partial charge on any atom is -0.465 e. The van der Waals surface area contributed by atoms with E-state index in [1.165, 1.54) is 24.3 Å². The summed E-state index contributed by atoms with van der Waals surface area (Å²) >= 11 is 5.80. The average molecular weight is 397 g/mol. The number of rotatable bonds is 5. The van der Waals surface area contributed by atoms with E-state index in [1.807, 2.05) is 0 Å². The maximum Gasteiger partial charge on any atom is 0.405 e. The van der Waals surface area contributed by atoms with Crippen LogP contribution in [0.4, 0.5) is 14.9 Å². The molecule has 0 radical (unpaired) electrons. The first-order chi connectivity index (χ1) is 12.5. The zero-order valence-corrected chi connectivity index (χ0v) is 15.6. The van der Waals surface area contributed by atoms with Gasteiger partial charge in [-0.15, -0.1) is 0 Å². The van der Waals surface area contributed by atoms with Gasteiger partial charge in [0.05, 0.1) is 16.5 Å². The molecule has 144 valence electrons. The van der Waals surface area contributed by atoms with Crippen LogP contribution in [0.1, 0.15) is 32.4 Å². The predicted molar refractivity (Wildman–Crippen MR) is 97.9 cm³/mol. The van der Waals surface area contributed by atoms with Crippen molar-refractivity contribution in [3.8, 4) is 11.5 Å². The Morgan fingerprint density at radius 1 is 1.26 bits per heavy atom. The molecule has 0 aromatic heterocycles. The monoisotopic (exact) mass is 396 g/mol. The third-order valence-corrected chi connectivity index (χ3v) is 3.93. The maximum atomic E-state index is 13.5. The minimum absolute atomic E-state index is 0.110. The summed E-state index contributed by atoms with van der Waals surface area (Å²) in [6.07, 6.45) is -1.31. The van der Waals surface area contributed by atoms with Gasteiger partial charge in [0.2, 0.25) is 0 Å². The molecule has 1 amide bonds. The molecule has 9 heteroatoms. The third kappa shape index (κ3) is 5.30. The van der Waals surface area contributed by atoms with Crippen LogP contribution in [0.15, 0.2) is 36.4 Å². The molecule has 2 rings (SSSR count). The van der Waals surface area contributed by atoms with Gasteiger partial charge in [0.15, 0.2) is 0 Å². The van der Waals surface area contributed by atoms with Gasteiger partial charge in [-0.1, -0.05) is 32.4 Å². The van der Waals surface area contributed by atoms with Crippen molar-refractivity contribution in [2.24, 2.45) is 5.41 Å². The van der Waals surface area contributed by atoms with Crippen molar-refractivity contribution in [3.63, 3.8) is 0 Å². The molecule has 2 aromatic carbocycles. The number of nitro groups is 1. The summed E-state index contributed by atoms with van der Waals surface area (Å²) in [5, 5.41) is 23.0. The van der Waals surface area contributed by atoms with Crippen LogP contribution in [0.2, 0.25) is 5.02 Å². The Hall–Kier alpha value is -2.87. The molecule has 2 aromatic rings. The van der Waals surface area contributed by atoms with E-state index in [4.69, 9.17) is 21.4 Å². The highest BCUT2D eigenvalue weighted by Gasteiger charge is 2.33. The van der Waals surface area contributed by atoms with Crippen LogP contribution in [0, 0.1) is 21.3 Å². The SMILES string of the molecule is CC(C)(C)C(NC(=O)O)c1cc(Oc2cc(F)cc(Cl)c2)ccc1[N+](=O)[O-]. The molecule has 0 aliphatic carbocycles. The second kappa shape index (κ2) is 7.79. The van der Waals surface area contributed by atoms with Crippen LogP contribution < -0.4 is 10.1 Å². The predicted octanol–water partition coefficient (Wildman–Crippen LogP) is 5.53. The second-order valence-electron chi connectivity index (χ2n) is 6.93. The maximum absolute atomic E-state index is 13.5. The van der Waals surface area contributed by atoms with Crippen LogP contribution in [-0.2, 0) is 0 Å². The quantitative estimate of drug-likeness (QED) is 0.510. The zero-order chi connectivity index (χ0) is 20.4. The van der Waals surface area contributed by atoms with Crippen molar-refractivity contribution in [2.75, 3.05) is 0 Å². The fourth-order valence-corrected chi connectivity index (χ4v) is 2.81. The van der Waals surface area contributed by atoms with Crippen molar-refractivity contribution in [1.82, 2.24) is 5.32 Å². The Morgan fingerprint density at radius 3 is 2.44 bits per heavy atom. The van der Waals surface area contributed by atoms with E-state index < -0.39 is 28.3 Å². The van der Waals surface area contributed by atoms with Crippen molar-refractivity contribution < 1.29 is 24.0 Å². The summed E-state index contributed by atoms with van der Waals surface area (Å²) in [4.78, 5) is 22.0. The van der Waals surface area contributed by atoms with Crippen molar-refractivity contribution >= 4 is 23.4 Å². The van der Waals surface area contributed by atoms with E-state index in [0.717, 1.165) is 12.1 Å². The van der Waals surface area contributed by atoms with E-state index in [0.29, 0.717) is 0 Å². The van der Waals surface area contributed by atoms with Gasteiger partial charge >= 0.3 is 6.09 Å². The van der Waals surface area contributed by atoms with E-state index in [9.17, 15) is 19.3 Å². The molecule has 0 heterocycles. The van der Waals surface area contributed by atoms with Crippen molar-refractivity contribution in [1.29, 1.82) is 0 Å². The topological polar surface area (TPSA) is 102 Å². The number of carboxylic acid groups (broad SMARTS) is 1. The molecular weight excluding hydrogens is 379 g/mol. The van der Waals surface area contributed by atoms with Gasteiger partial charge < -0.3 is 15.2 Å². The highest BCUT2D eigenvalue weighted by Crippen LogP contribution is 2.40. The number of carbonyl (C=O) groups is 1. The van der Waals surface area contributed by atoms with Crippen LogP contribution in [0.25, 0.3) is 0 Å². The lowest BCUT2D eigenvalue weighted by Crippen LogP contribution is -2.36. The number of ether oxygens (including phenoxy) is 1. The zero-order valence-electron chi connectivity index (χ0n) is 14.8. The Morgan fingerprint density at radius 2 is 1.93 bits per heavy atom. The lowest BCUT2D eigenvalue weighted by atomic mass is 9.81. The van der Waals surface area contributed by atoms with Crippen molar-refractivity contribution in [2.45, 2.75) is 26.8 Å². The van der Waals surface area contributed by atoms with Crippen LogP contribution in [-0.4, -0.2) is 16.1 Å². The van der Waals surface area contributed by atoms with Gasteiger partial charge in [0.1, 0.15) is 17.3 Å². The average Bonchev–Trinajstić information content (AvgIpc) is 2.50. The second-order valence-corrected chi connectivity index (χ2v) is 7.37. The van der Waals surface area contributed by atoms with Gasteiger partial charge in [-0.3, -0.25) is 10.1 Å². The van der Waals surface area contributed by atoms with Crippen LogP contribution in [0.3, 0.4) is 0 Å². The van der Waals surface area contributed by atoms with Gasteiger partial charge in [0, 0.05) is 17.2 Å². The van der Waals surface area contributed by atoms with Gasteiger partial charge in [-0.05, 0) is 29.7 Å². The summed E-state index contributed by atoms with van der Waals surface area (Å²) in [7, 11) is 0. The summed E-state index contributed by atoms with van der Waals surface area (Å²) in [6, 6.07) is 6.67. The fraction of sp³-hybridized carbons (Fsp3) is 0.278. The normalized spacial score (nSPS) is 12.3. The molecule has 2 N–H and O–H groups in total. The highest BCUT2D eigenvalue weighted by atomic mass is 35.5. The lowest BCUT2D eigenvalue weighted by molar-refractivity contribution is -0.386. The van der Waals surface area contributed by atoms with Gasteiger partial charge in [-0.25, -0.2) is 9.18 Å². The number of halogens is 2. The number of nitrogens with one attached hydrogen (secondary N) is 1. The van der Waals surface area contributed by atoms with Gasteiger partial charge in [-0.2, -0.15) is 0 Å². The summed E-state index contributed by atoms with van der Waals surface area (Å²) in [5.74, 6) is -0.309. The number of benzene rings is 2. The molecule has 0 bridgehead atoms. The molecule has 0 aliphatic rings. The summed E-state index contributed by atoms with van der Waals surface area (Å²) in [5.41, 5.74) is -0.785. The standard InChI is InChI=1S/C18H18ClFN2O5/c1-18(2,3)16(21-17(23)24)14-9-12(4-5-15(14)22(25)26)27-13-7-10(19)6-11(20)8-13/h4-9,16,21H,1-3H3,(H,23,24). The molecule has 0 spiro atoms. The molecule has 0 aliphatic heterocycles. The Kier molecular flexibility index (Phi) is 5.90. The molecule has 1 atom stereocenters. The number of hydrogen-bond acceptors (Lipinski definition) is 4. The summed E-state index contributed by atoms with van der Waals surface area (Å²) < 4.78 is 19.0. The molecular formula is C18H18ClFN2O5. The fourth-order valence-electron chi connectivity index (χ4n) is 2.60. The first kappa shape index (κ1) is 20.4. The molecule has 1 unspecified atom stereocenters. The first-order valence-electron chi connectivity index (χ1n) is 7.89. The lowest BCUT2D eigenvalue weighted by Gasteiger charge is -2.30. The van der Waals surface area contributed by atoms with E-state index >= 15 is 0 Å². The first-order valence-corrected chi connectivity index (χ1v) is 8.27. The van der Waals surface area contributed by atoms with E-state index in [1.54, 1.807) is 20.8 Å². The molecule has 27 heavy (non-hydrogen) atoms. The number of nitro benzene ring substituents is 1. The van der Waals surface area contributed by atoms with E-state index in [-0.39, 0.29) is 27.8 Å². The van der Waals surface area contributed by atoms with E-state index in [2.05, 4.69) is 5.32 Å². The Balaban J connectivity index is 2.52. The highest BCUT2D eigenvalue weighted by molar-refractivity contribution is 6.30.